The van der Waals surface area contributed by atoms with E-state index in [0.29, 0.717) is 69.0 Å². The fraction of sp³-hybridized carbons (Fsp3) is 0.321. The van der Waals surface area contributed by atoms with Crippen molar-refractivity contribution in [3.63, 3.8) is 0 Å². The number of benzene rings is 2. The fourth-order valence-corrected chi connectivity index (χ4v) is 5.59. The van der Waals surface area contributed by atoms with Gasteiger partial charge in [-0.3, -0.25) is 9.36 Å². The van der Waals surface area contributed by atoms with Gasteiger partial charge in [0.15, 0.2) is 27.8 Å². The molecule has 9 nitrogen and oxygen atoms in total. The molecule has 2 aliphatic heterocycles. The first kappa shape index (κ1) is 25.6. The molecule has 0 spiro atoms. The Hall–Kier alpha value is -4.05. The maximum atomic E-state index is 13.9. The van der Waals surface area contributed by atoms with Crippen LogP contribution < -0.4 is 33.8 Å². The zero-order valence-corrected chi connectivity index (χ0v) is 22.4. The number of hydrogen-bond acceptors (Lipinski definition) is 9. The van der Waals surface area contributed by atoms with Crippen LogP contribution in [0.5, 0.6) is 23.0 Å². The number of fused-ring (bicyclic) bond motifs is 2. The number of methoxy groups -OCH3 is 1. The van der Waals surface area contributed by atoms with Gasteiger partial charge in [-0.25, -0.2) is 9.79 Å². The van der Waals surface area contributed by atoms with Crippen molar-refractivity contribution in [2.45, 2.75) is 26.8 Å². The zero-order valence-electron chi connectivity index (χ0n) is 21.6. The number of carbonyl (C=O) groups excluding carboxylic acids is 1. The summed E-state index contributed by atoms with van der Waals surface area (Å²) in [6, 6.07) is 10.2. The highest BCUT2D eigenvalue weighted by atomic mass is 32.1. The van der Waals surface area contributed by atoms with Gasteiger partial charge in [-0.15, -0.1) is 0 Å². The predicted octanol–water partition coefficient (Wildman–Crippen LogP) is 2.98. The molecular formula is C28H28N2O7S. The van der Waals surface area contributed by atoms with Crippen molar-refractivity contribution >= 4 is 23.4 Å². The Morgan fingerprint density at radius 2 is 1.89 bits per heavy atom. The molecule has 0 saturated carbocycles. The van der Waals surface area contributed by atoms with E-state index in [2.05, 4.69) is 4.99 Å². The van der Waals surface area contributed by atoms with Crippen molar-refractivity contribution < 1.29 is 28.5 Å². The summed E-state index contributed by atoms with van der Waals surface area (Å²) in [6.45, 7) is 6.97. The average Bonchev–Trinajstić information content (AvgIpc) is 3.22. The molecule has 1 aromatic heterocycles. The predicted molar refractivity (Wildman–Crippen MR) is 142 cm³/mol. The quantitative estimate of drug-likeness (QED) is 0.428. The van der Waals surface area contributed by atoms with Crippen LogP contribution in [0.4, 0.5) is 0 Å². The monoisotopic (exact) mass is 536 g/mol. The molecule has 38 heavy (non-hydrogen) atoms. The number of hydrogen-bond donors (Lipinski definition) is 0. The summed E-state index contributed by atoms with van der Waals surface area (Å²) in [4.78, 5) is 32.1. The molecule has 0 unspecified atom stereocenters. The fourth-order valence-electron chi connectivity index (χ4n) is 4.54. The van der Waals surface area contributed by atoms with Crippen LogP contribution in [0.25, 0.3) is 6.08 Å². The molecule has 5 rings (SSSR count). The lowest BCUT2D eigenvalue weighted by Gasteiger charge is -2.25. The number of allylic oxidation sites excluding steroid dienone is 1. The van der Waals surface area contributed by atoms with Crippen LogP contribution in [0, 0.1) is 0 Å². The maximum absolute atomic E-state index is 13.9. The van der Waals surface area contributed by atoms with Gasteiger partial charge in [0, 0.05) is 0 Å². The van der Waals surface area contributed by atoms with Gasteiger partial charge in [0.05, 0.1) is 42.2 Å². The minimum Gasteiger partial charge on any atom is -0.493 e. The summed E-state index contributed by atoms with van der Waals surface area (Å²) < 4.78 is 29.9. The van der Waals surface area contributed by atoms with E-state index < -0.39 is 12.0 Å². The van der Waals surface area contributed by atoms with Gasteiger partial charge in [-0.2, -0.15) is 0 Å². The van der Waals surface area contributed by atoms with Gasteiger partial charge in [0.2, 0.25) is 0 Å². The van der Waals surface area contributed by atoms with E-state index in [9.17, 15) is 9.59 Å². The molecule has 0 N–H and O–H groups in total. The number of carbonyl (C=O) groups is 1. The minimum absolute atomic E-state index is 0.198. The molecule has 1 atom stereocenters. The number of nitrogens with zero attached hydrogens (tertiary/aromatic N) is 2. The molecule has 198 valence electrons. The first-order valence-electron chi connectivity index (χ1n) is 12.3. The molecule has 0 aliphatic carbocycles. The first-order chi connectivity index (χ1) is 18.4. The van der Waals surface area contributed by atoms with Gasteiger partial charge >= 0.3 is 5.97 Å². The Kier molecular flexibility index (Phi) is 7.24. The molecule has 0 radical (unpaired) electrons. The van der Waals surface area contributed by atoms with Crippen molar-refractivity contribution in [3.8, 4) is 23.0 Å². The maximum Gasteiger partial charge on any atom is 0.338 e. The van der Waals surface area contributed by atoms with E-state index in [-0.39, 0.29) is 12.2 Å². The lowest BCUT2D eigenvalue weighted by atomic mass is 9.95. The van der Waals surface area contributed by atoms with Gasteiger partial charge in [0.1, 0.15) is 13.2 Å². The molecular weight excluding hydrogens is 508 g/mol. The Bertz CT molecular complexity index is 1600. The topological polar surface area (TPSA) is 97.6 Å². The number of rotatable bonds is 7. The Balaban J connectivity index is 1.69. The third kappa shape index (κ3) is 4.67. The second-order valence-electron chi connectivity index (χ2n) is 8.55. The normalized spacial score (nSPS) is 16.5. The summed E-state index contributed by atoms with van der Waals surface area (Å²) in [7, 11) is 1.56. The van der Waals surface area contributed by atoms with Crippen LogP contribution in [0.2, 0.25) is 0 Å². The van der Waals surface area contributed by atoms with Gasteiger partial charge in [-0.1, -0.05) is 23.5 Å². The van der Waals surface area contributed by atoms with Gasteiger partial charge in [-0.05, 0) is 62.2 Å². The highest BCUT2D eigenvalue weighted by Gasteiger charge is 2.34. The van der Waals surface area contributed by atoms with Crippen molar-refractivity contribution in [1.29, 1.82) is 0 Å². The lowest BCUT2D eigenvalue weighted by Crippen LogP contribution is -2.40. The number of aromatic nitrogens is 1. The average molecular weight is 537 g/mol. The van der Waals surface area contributed by atoms with Crippen molar-refractivity contribution in [3.05, 3.63) is 78.5 Å². The lowest BCUT2D eigenvalue weighted by molar-refractivity contribution is -0.139. The summed E-state index contributed by atoms with van der Waals surface area (Å²) in [5.74, 6) is 1.87. The summed E-state index contributed by atoms with van der Waals surface area (Å²) in [5.41, 5.74) is 2.00. The van der Waals surface area contributed by atoms with Gasteiger partial charge in [0.25, 0.3) is 5.56 Å². The molecule has 3 aromatic rings. The number of ether oxygens (including phenoxy) is 5. The van der Waals surface area contributed by atoms with Crippen molar-refractivity contribution in [1.82, 2.24) is 4.57 Å². The van der Waals surface area contributed by atoms with Crippen LogP contribution in [0.1, 0.15) is 37.9 Å². The standard InChI is InChI=1S/C28H28N2O7S/c1-5-34-22-15-18(8-10-19(22)33-4)25-24(27(32)35-6-2)16(3)29-28-30(25)26(31)23(38-28)14-17-7-9-20-21(13-17)37-12-11-36-20/h7-10,13-15,25H,5-6,11-12H2,1-4H3/t25-/m0/s1. The smallest absolute Gasteiger partial charge is 0.338 e. The summed E-state index contributed by atoms with van der Waals surface area (Å²) in [5, 5.41) is 0. The van der Waals surface area contributed by atoms with Gasteiger partial charge < -0.3 is 23.7 Å². The van der Waals surface area contributed by atoms with Crippen LogP contribution in [0.3, 0.4) is 0 Å². The Labute approximate surface area is 223 Å². The molecule has 0 amide bonds. The zero-order chi connectivity index (χ0) is 26.8. The van der Waals surface area contributed by atoms with E-state index in [1.807, 2.05) is 31.2 Å². The van der Waals surface area contributed by atoms with E-state index in [1.165, 1.54) is 11.3 Å². The van der Waals surface area contributed by atoms with E-state index >= 15 is 0 Å². The van der Waals surface area contributed by atoms with Crippen LogP contribution >= 0.6 is 11.3 Å². The Morgan fingerprint density at radius 1 is 1.11 bits per heavy atom. The highest BCUT2D eigenvalue weighted by Crippen LogP contribution is 2.36. The minimum atomic E-state index is -0.752. The number of thiazole rings is 1. The van der Waals surface area contributed by atoms with E-state index in [4.69, 9.17) is 23.7 Å². The SMILES string of the molecule is CCOC(=O)C1=C(C)N=c2sc(=Cc3ccc4c(c3)OCCO4)c(=O)n2[C@H]1c1ccc(OC)c(OCC)c1. The molecule has 0 bridgehead atoms. The van der Waals surface area contributed by atoms with Crippen molar-refractivity contribution in [2.24, 2.45) is 4.99 Å². The molecule has 10 heteroatoms. The molecule has 0 saturated heterocycles. The molecule has 2 aliphatic rings. The summed E-state index contributed by atoms with van der Waals surface area (Å²) in [6.07, 6.45) is 1.79. The summed E-state index contributed by atoms with van der Waals surface area (Å²) >= 11 is 1.26. The molecule has 0 fully saturated rings. The third-order valence-corrected chi connectivity index (χ3v) is 7.17. The largest absolute Gasteiger partial charge is 0.493 e. The van der Waals surface area contributed by atoms with Crippen LogP contribution in [-0.4, -0.2) is 44.1 Å². The van der Waals surface area contributed by atoms with Crippen molar-refractivity contribution in [2.75, 3.05) is 33.5 Å². The molecule has 2 aromatic carbocycles. The first-order valence-corrected chi connectivity index (χ1v) is 13.2. The van der Waals surface area contributed by atoms with E-state index in [1.54, 1.807) is 43.7 Å². The van der Waals surface area contributed by atoms with Crippen LogP contribution in [-0.2, 0) is 9.53 Å². The number of esters is 1. The third-order valence-electron chi connectivity index (χ3n) is 6.18. The molecule has 3 heterocycles. The highest BCUT2D eigenvalue weighted by molar-refractivity contribution is 7.07. The Morgan fingerprint density at radius 3 is 2.63 bits per heavy atom. The second kappa shape index (κ2) is 10.7. The van der Waals surface area contributed by atoms with E-state index in [0.717, 1.165) is 5.56 Å². The van der Waals surface area contributed by atoms with Crippen LogP contribution in [0.15, 0.2) is 57.5 Å². The second-order valence-corrected chi connectivity index (χ2v) is 9.56.